The van der Waals surface area contributed by atoms with Crippen molar-refractivity contribution in [1.29, 1.82) is 0 Å². The second-order valence-electron chi connectivity index (χ2n) is 4.34. The Balaban J connectivity index is 2.04. The SMILES string of the molecule is Cc1ccc(Cl)cc1NC(=O)C1CCOCC1. The molecule has 1 aromatic carbocycles. The molecule has 1 fully saturated rings. The average Bonchev–Trinajstić information content (AvgIpc) is 2.35. The van der Waals surface area contributed by atoms with Gasteiger partial charge >= 0.3 is 0 Å². The van der Waals surface area contributed by atoms with Crippen LogP contribution in [0, 0.1) is 12.8 Å². The van der Waals surface area contributed by atoms with Gasteiger partial charge in [-0.15, -0.1) is 0 Å². The lowest BCUT2D eigenvalue weighted by atomic mass is 9.99. The van der Waals surface area contributed by atoms with E-state index in [9.17, 15) is 4.79 Å². The number of rotatable bonds is 2. The molecule has 1 aliphatic rings. The zero-order valence-electron chi connectivity index (χ0n) is 9.83. The molecule has 0 saturated carbocycles. The van der Waals surface area contributed by atoms with Crippen molar-refractivity contribution in [2.24, 2.45) is 5.92 Å². The van der Waals surface area contributed by atoms with Gasteiger partial charge in [-0.1, -0.05) is 17.7 Å². The molecule has 2 rings (SSSR count). The number of carbonyl (C=O) groups excluding carboxylic acids is 1. The van der Waals surface area contributed by atoms with Gasteiger partial charge in [-0.05, 0) is 37.5 Å². The van der Waals surface area contributed by atoms with Crippen LogP contribution in [0.25, 0.3) is 0 Å². The molecule has 1 saturated heterocycles. The van der Waals surface area contributed by atoms with E-state index in [0.717, 1.165) is 24.1 Å². The fourth-order valence-electron chi connectivity index (χ4n) is 1.92. The summed E-state index contributed by atoms with van der Waals surface area (Å²) in [6.45, 7) is 3.30. The molecule has 0 atom stereocenters. The average molecular weight is 254 g/mol. The van der Waals surface area contributed by atoms with Crippen LogP contribution in [0.1, 0.15) is 18.4 Å². The summed E-state index contributed by atoms with van der Waals surface area (Å²) in [5.41, 5.74) is 1.82. The maximum absolute atomic E-state index is 12.0. The summed E-state index contributed by atoms with van der Waals surface area (Å²) >= 11 is 5.91. The van der Waals surface area contributed by atoms with Crippen LogP contribution in [0.5, 0.6) is 0 Å². The molecule has 1 amide bonds. The lowest BCUT2D eigenvalue weighted by molar-refractivity contribution is -0.122. The summed E-state index contributed by atoms with van der Waals surface area (Å²) in [4.78, 5) is 12.0. The molecular weight excluding hydrogens is 238 g/mol. The number of nitrogens with one attached hydrogen (secondary N) is 1. The highest BCUT2D eigenvalue weighted by molar-refractivity contribution is 6.31. The standard InChI is InChI=1S/C13H16ClNO2/c1-9-2-3-11(14)8-12(9)15-13(16)10-4-6-17-7-5-10/h2-3,8,10H,4-7H2,1H3,(H,15,16). The van der Waals surface area contributed by atoms with Crippen molar-refractivity contribution in [2.45, 2.75) is 19.8 Å². The Labute approximate surface area is 106 Å². The van der Waals surface area contributed by atoms with Crippen LogP contribution in [0.15, 0.2) is 18.2 Å². The van der Waals surface area contributed by atoms with E-state index in [1.165, 1.54) is 0 Å². The van der Waals surface area contributed by atoms with Gasteiger partial charge in [-0.3, -0.25) is 4.79 Å². The quantitative estimate of drug-likeness (QED) is 0.880. The number of aryl methyl sites for hydroxylation is 1. The molecule has 0 bridgehead atoms. The van der Waals surface area contributed by atoms with Crippen LogP contribution in [0.2, 0.25) is 5.02 Å². The lowest BCUT2D eigenvalue weighted by Gasteiger charge is -2.21. The Hall–Kier alpha value is -1.06. The Morgan fingerprint density at radius 1 is 1.41 bits per heavy atom. The van der Waals surface area contributed by atoms with E-state index < -0.39 is 0 Å². The molecule has 1 aliphatic heterocycles. The molecule has 1 N–H and O–H groups in total. The zero-order valence-corrected chi connectivity index (χ0v) is 10.6. The largest absolute Gasteiger partial charge is 0.381 e. The van der Waals surface area contributed by atoms with Crippen LogP contribution in [-0.4, -0.2) is 19.1 Å². The van der Waals surface area contributed by atoms with E-state index >= 15 is 0 Å². The fourth-order valence-corrected chi connectivity index (χ4v) is 2.10. The molecule has 0 aromatic heterocycles. The summed E-state index contributed by atoms with van der Waals surface area (Å²) in [6.07, 6.45) is 1.59. The van der Waals surface area contributed by atoms with E-state index in [4.69, 9.17) is 16.3 Å². The first kappa shape index (κ1) is 12.4. The highest BCUT2D eigenvalue weighted by Gasteiger charge is 2.21. The van der Waals surface area contributed by atoms with Gasteiger partial charge in [0.2, 0.25) is 5.91 Å². The number of benzene rings is 1. The van der Waals surface area contributed by atoms with Crippen LogP contribution in [0.4, 0.5) is 5.69 Å². The Morgan fingerprint density at radius 2 is 2.12 bits per heavy atom. The third-order valence-electron chi connectivity index (χ3n) is 3.05. The predicted octanol–water partition coefficient (Wildman–Crippen LogP) is 3.01. The highest BCUT2D eigenvalue weighted by atomic mass is 35.5. The Kier molecular flexibility index (Phi) is 4.02. The molecule has 0 radical (unpaired) electrons. The molecule has 17 heavy (non-hydrogen) atoms. The van der Waals surface area contributed by atoms with Gasteiger partial charge in [0.05, 0.1) is 0 Å². The molecular formula is C13H16ClNO2. The summed E-state index contributed by atoms with van der Waals surface area (Å²) in [7, 11) is 0. The number of hydrogen-bond acceptors (Lipinski definition) is 2. The second-order valence-corrected chi connectivity index (χ2v) is 4.77. The summed E-state index contributed by atoms with van der Waals surface area (Å²) in [5.74, 6) is 0.126. The van der Waals surface area contributed by atoms with Gasteiger partial charge in [0.15, 0.2) is 0 Å². The number of anilines is 1. The van der Waals surface area contributed by atoms with E-state index in [-0.39, 0.29) is 11.8 Å². The topological polar surface area (TPSA) is 38.3 Å². The first-order chi connectivity index (χ1) is 8.16. The van der Waals surface area contributed by atoms with Crippen molar-refractivity contribution in [2.75, 3.05) is 18.5 Å². The van der Waals surface area contributed by atoms with Crippen molar-refractivity contribution in [3.05, 3.63) is 28.8 Å². The van der Waals surface area contributed by atoms with Crippen LogP contribution < -0.4 is 5.32 Å². The normalized spacial score (nSPS) is 16.8. The summed E-state index contributed by atoms with van der Waals surface area (Å²) < 4.78 is 5.24. The Morgan fingerprint density at radius 3 is 2.82 bits per heavy atom. The number of halogens is 1. The molecule has 1 aromatic rings. The van der Waals surface area contributed by atoms with Crippen molar-refractivity contribution in [3.63, 3.8) is 0 Å². The number of ether oxygens (including phenoxy) is 1. The van der Waals surface area contributed by atoms with Crippen LogP contribution in [0.3, 0.4) is 0 Å². The van der Waals surface area contributed by atoms with E-state index in [1.807, 2.05) is 19.1 Å². The molecule has 0 spiro atoms. The number of amides is 1. The van der Waals surface area contributed by atoms with E-state index in [1.54, 1.807) is 6.07 Å². The zero-order chi connectivity index (χ0) is 12.3. The van der Waals surface area contributed by atoms with Crippen molar-refractivity contribution >= 4 is 23.2 Å². The third-order valence-corrected chi connectivity index (χ3v) is 3.28. The summed E-state index contributed by atoms with van der Waals surface area (Å²) in [5, 5.41) is 3.58. The van der Waals surface area contributed by atoms with E-state index in [0.29, 0.717) is 18.2 Å². The maximum Gasteiger partial charge on any atom is 0.227 e. The van der Waals surface area contributed by atoms with Crippen LogP contribution in [-0.2, 0) is 9.53 Å². The molecule has 3 nitrogen and oxygen atoms in total. The van der Waals surface area contributed by atoms with E-state index in [2.05, 4.69) is 5.32 Å². The van der Waals surface area contributed by atoms with Gasteiger partial charge in [-0.2, -0.15) is 0 Å². The molecule has 4 heteroatoms. The number of carbonyl (C=O) groups is 1. The predicted molar refractivity (Wildman–Crippen MR) is 68.4 cm³/mol. The maximum atomic E-state index is 12.0. The van der Waals surface area contributed by atoms with Gasteiger partial charge in [0.25, 0.3) is 0 Å². The monoisotopic (exact) mass is 253 g/mol. The molecule has 1 heterocycles. The first-order valence-corrected chi connectivity index (χ1v) is 6.19. The van der Waals surface area contributed by atoms with Gasteiger partial charge < -0.3 is 10.1 Å². The smallest absolute Gasteiger partial charge is 0.227 e. The Bertz CT molecular complexity index is 414. The van der Waals surface area contributed by atoms with Gasteiger partial charge in [0.1, 0.15) is 0 Å². The number of hydrogen-bond donors (Lipinski definition) is 1. The second kappa shape index (κ2) is 5.52. The highest BCUT2D eigenvalue weighted by Crippen LogP contribution is 2.22. The minimum Gasteiger partial charge on any atom is -0.381 e. The summed E-state index contributed by atoms with van der Waals surface area (Å²) in [6, 6.07) is 5.51. The van der Waals surface area contributed by atoms with Crippen molar-refractivity contribution in [3.8, 4) is 0 Å². The van der Waals surface area contributed by atoms with Gasteiger partial charge in [-0.25, -0.2) is 0 Å². The minimum atomic E-state index is 0.0575. The minimum absolute atomic E-state index is 0.0575. The van der Waals surface area contributed by atoms with Crippen molar-refractivity contribution < 1.29 is 9.53 Å². The fraction of sp³-hybridized carbons (Fsp3) is 0.462. The first-order valence-electron chi connectivity index (χ1n) is 5.81. The van der Waals surface area contributed by atoms with Crippen molar-refractivity contribution in [1.82, 2.24) is 0 Å². The lowest BCUT2D eigenvalue weighted by Crippen LogP contribution is -2.28. The molecule has 92 valence electrons. The molecule has 0 aliphatic carbocycles. The molecule has 0 unspecified atom stereocenters. The van der Waals surface area contributed by atoms with Crippen LogP contribution >= 0.6 is 11.6 Å². The third kappa shape index (κ3) is 3.20. The van der Waals surface area contributed by atoms with Gasteiger partial charge in [0, 0.05) is 29.8 Å².